The molecule has 0 spiro atoms. The fourth-order valence-electron chi connectivity index (χ4n) is 0.386. The van der Waals surface area contributed by atoms with Crippen LogP contribution in [0.15, 0.2) is 4.40 Å². The zero-order chi connectivity index (χ0) is 4.41. The number of hydrogen-bond donors (Lipinski definition) is 0. The Kier molecular flexibility index (Phi) is 1.05. The lowest BCUT2D eigenvalue weighted by molar-refractivity contribution is 1.77. The first-order chi connectivity index (χ1) is 2.89. The summed E-state index contributed by atoms with van der Waals surface area (Å²) in [6.45, 7) is 0. The zero-order valence-corrected chi connectivity index (χ0v) is 4.53. The van der Waals surface area contributed by atoms with Gasteiger partial charge in [-0.25, -0.2) is 4.40 Å². The van der Waals surface area contributed by atoms with Gasteiger partial charge in [0.15, 0.2) is 0 Å². The topological polar surface area (TPSA) is 12.4 Å². The molecule has 0 saturated heterocycles. The summed E-state index contributed by atoms with van der Waals surface area (Å²) in [4.78, 5) is 0. The molecule has 0 aromatic heterocycles. The molecule has 1 aliphatic rings. The second-order valence-electron chi connectivity index (χ2n) is 1.21. The normalized spacial score (nSPS) is 30.5. The minimum Gasteiger partial charge on any atom is -0.236 e. The Labute approximate surface area is 40.2 Å². The van der Waals surface area contributed by atoms with Crippen LogP contribution >= 0.6 is 10.7 Å². The lowest BCUT2D eigenvalue weighted by Crippen LogP contribution is -1.61. The van der Waals surface area contributed by atoms with Gasteiger partial charge in [-0.05, 0) is 11.6 Å². The largest absolute Gasteiger partial charge is 0.236 e. The van der Waals surface area contributed by atoms with Crippen LogP contribution in [-0.4, -0.2) is 17.8 Å². The minimum absolute atomic E-state index is 0.272. The van der Waals surface area contributed by atoms with Crippen molar-refractivity contribution in [2.24, 2.45) is 4.40 Å². The van der Waals surface area contributed by atoms with E-state index in [9.17, 15) is 0 Å². The molecule has 2 heteroatoms. The Morgan fingerprint density at radius 3 is 2.83 bits per heavy atom. The summed E-state index contributed by atoms with van der Waals surface area (Å²) in [5.74, 6) is 0. The standard InChI is InChI=1S/C4H7NS/c1-6-4-2-3-5-6/h3-4H,2H2,1H3. The van der Waals surface area contributed by atoms with Gasteiger partial charge in [0.2, 0.25) is 0 Å². The van der Waals surface area contributed by atoms with Crippen molar-refractivity contribution in [3.63, 3.8) is 0 Å². The molecule has 1 nitrogen and oxygen atoms in total. The molecule has 0 bridgehead atoms. The van der Waals surface area contributed by atoms with Crippen molar-refractivity contribution in [2.75, 3.05) is 6.26 Å². The summed E-state index contributed by atoms with van der Waals surface area (Å²) in [6, 6.07) is 0. The Morgan fingerprint density at radius 1 is 1.83 bits per heavy atom. The summed E-state index contributed by atoms with van der Waals surface area (Å²) < 4.78 is 4.08. The fourth-order valence-corrected chi connectivity index (χ4v) is 1.16. The highest BCUT2D eigenvalue weighted by Gasteiger charge is 1.84. The van der Waals surface area contributed by atoms with Gasteiger partial charge in [-0.2, -0.15) is 0 Å². The molecule has 0 aliphatic carbocycles. The van der Waals surface area contributed by atoms with Crippen LogP contribution in [0.5, 0.6) is 0 Å². The van der Waals surface area contributed by atoms with Gasteiger partial charge in [0.1, 0.15) is 0 Å². The maximum atomic E-state index is 4.08. The van der Waals surface area contributed by atoms with Crippen molar-refractivity contribution in [3.05, 3.63) is 0 Å². The molecule has 1 heterocycles. The van der Waals surface area contributed by atoms with Crippen LogP contribution in [0.4, 0.5) is 0 Å². The molecule has 0 N–H and O–H groups in total. The van der Waals surface area contributed by atoms with Crippen molar-refractivity contribution in [1.29, 1.82) is 0 Å². The van der Waals surface area contributed by atoms with Gasteiger partial charge >= 0.3 is 0 Å². The number of hydrogen-bond acceptors (Lipinski definition) is 1. The van der Waals surface area contributed by atoms with E-state index in [0.29, 0.717) is 0 Å². The van der Waals surface area contributed by atoms with Crippen LogP contribution in [0.25, 0.3) is 0 Å². The van der Waals surface area contributed by atoms with E-state index < -0.39 is 0 Å². The van der Waals surface area contributed by atoms with Crippen LogP contribution in [0.1, 0.15) is 6.42 Å². The molecular formula is C4H7NS. The van der Waals surface area contributed by atoms with E-state index in [1.54, 1.807) is 0 Å². The Bertz CT molecular complexity index is 101. The molecule has 0 fully saturated rings. The number of rotatable bonds is 0. The molecule has 1 aliphatic heterocycles. The quantitative estimate of drug-likeness (QED) is 0.405. The van der Waals surface area contributed by atoms with Gasteiger partial charge in [0.25, 0.3) is 0 Å². The van der Waals surface area contributed by atoms with Crippen LogP contribution in [0.2, 0.25) is 0 Å². The monoisotopic (exact) mass is 101 g/mol. The Balaban J connectivity index is 2.68. The van der Waals surface area contributed by atoms with Gasteiger partial charge in [0.05, 0.1) is 0 Å². The zero-order valence-electron chi connectivity index (χ0n) is 3.72. The van der Waals surface area contributed by atoms with Crippen molar-refractivity contribution >= 4 is 22.3 Å². The molecule has 0 aromatic carbocycles. The smallest absolute Gasteiger partial charge is 0.0163 e. The van der Waals surface area contributed by atoms with Crippen LogP contribution in [0, 0.1) is 0 Å². The first-order valence-corrected chi connectivity index (χ1v) is 3.55. The van der Waals surface area contributed by atoms with Crippen molar-refractivity contribution in [1.82, 2.24) is 0 Å². The summed E-state index contributed by atoms with van der Waals surface area (Å²) in [6.07, 6.45) is 5.16. The molecule has 0 radical (unpaired) electrons. The maximum absolute atomic E-state index is 4.08. The second kappa shape index (κ2) is 1.56. The molecule has 1 unspecified atom stereocenters. The van der Waals surface area contributed by atoms with E-state index in [4.69, 9.17) is 0 Å². The molecule has 34 valence electrons. The van der Waals surface area contributed by atoms with E-state index in [0.717, 1.165) is 6.42 Å². The highest BCUT2D eigenvalue weighted by molar-refractivity contribution is 8.13. The van der Waals surface area contributed by atoms with Crippen LogP contribution in [-0.2, 0) is 0 Å². The summed E-state index contributed by atoms with van der Waals surface area (Å²) >= 11 is 0. The minimum atomic E-state index is 0.272. The SMILES string of the molecule is CS1=CCC=N1. The van der Waals surface area contributed by atoms with Gasteiger partial charge in [0, 0.05) is 12.6 Å². The van der Waals surface area contributed by atoms with Gasteiger partial charge in [-0.1, -0.05) is 10.7 Å². The highest BCUT2D eigenvalue weighted by atomic mass is 32.2. The lowest BCUT2D eigenvalue weighted by Gasteiger charge is -1.76. The average Bonchev–Trinajstić information content (AvgIpc) is 1.86. The summed E-state index contributed by atoms with van der Waals surface area (Å²) in [5, 5.41) is 2.21. The second-order valence-corrected chi connectivity index (χ2v) is 2.81. The molecule has 1 rings (SSSR count). The van der Waals surface area contributed by atoms with Crippen molar-refractivity contribution < 1.29 is 0 Å². The van der Waals surface area contributed by atoms with Crippen LogP contribution < -0.4 is 0 Å². The maximum Gasteiger partial charge on any atom is 0.0163 e. The third-order valence-electron chi connectivity index (χ3n) is 0.684. The molecule has 0 amide bonds. The van der Waals surface area contributed by atoms with Gasteiger partial charge in [-0.15, -0.1) is 0 Å². The molecule has 1 atom stereocenters. The fraction of sp³-hybridized carbons (Fsp3) is 0.500. The van der Waals surface area contributed by atoms with Crippen molar-refractivity contribution in [3.8, 4) is 0 Å². The highest BCUT2D eigenvalue weighted by Crippen LogP contribution is 2.10. The first kappa shape index (κ1) is 4.06. The van der Waals surface area contributed by atoms with E-state index in [1.165, 1.54) is 0 Å². The lowest BCUT2D eigenvalue weighted by atomic mass is 10.6. The predicted octanol–water partition coefficient (Wildman–Crippen LogP) is 1.08. The van der Waals surface area contributed by atoms with E-state index >= 15 is 0 Å². The summed E-state index contributed by atoms with van der Waals surface area (Å²) in [7, 11) is 0.272. The van der Waals surface area contributed by atoms with Gasteiger partial charge in [-0.3, -0.25) is 0 Å². The third kappa shape index (κ3) is 0.684. The molecule has 0 aromatic rings. The third-order valence-corrected chi connectivity index (χ3v) is 1.84. The van der Waals surface area contributed by atoms with Crippen LogP contribution in [0.3, 0.4) is 0 Å². The van der Waals surface area contributed by atoms with E-state index in [1.807, 2.05) is 6.21 Å². The van der Waals surface area contributed by atoms with E-state index in [2.05, 4.69) is 16.0 Å². The molecular weight excluding hydrogens is 94.1 g/mol. The Hall–Kier alpha value is -0.110. The Morgan fingerprint density at radius 2 is 2.67 bits per heavy atom. The molecule has 6 heavy (non-hydrogen) atoms. The first-order valence-electron chi connectivity index (χ1n) is 1.90. The van der Waals surface area contributed by atoms with Crippen molar-refractivity contribution in [2.45, 2.75) is 6.42 Å². The predicted molar refractivity (Wildman–Crippen MR) is 32.7 cm³/mol. The number of nitrogens with zero attached hydrogens (tertiary/aromatic N) is 1. The average molecular weight is 101 g/mol. The molecule has 0 saturated carbocycles. The van der Waals surface area contributed by atoms with E-state index in [-0.39, 0.29) is 10.7 Å². The van der Waals surface area contributed by atoms with Gasteiger partial charge < -0.3 is 0 Å². The summed E-state index contributed by atoms with van der Waals surface area (Å²) in [5.41, 5.74) is 0.